The zero-order valence-electron chi connectivity index (χ0n) is 12.3. The zero-order valence-corrected chi connectivity index (χ0v) is 14.7. The molecule has 0 saturated carbocycles. The Hall–Kier alpha value is -0.590. The normalized spacial score (nSPS) is 17.2. The molecule has 2 rings (SSSR count). The molecule has 1 amide bonds. The van der Waals surface area contributed by atoms with E-state index in [-0.39, 0.29) is 10.1 Å². The van der Waals surface area contributed by atoms with Gasteiger partial charge in [-0.3, -0.25) is 4.79 Å². The number of likely N-dealkylation sites (tertiary alicyclic amines) is 1. The van der Waals surface area contributed by atoms with Crippen LogP contribution in [-0.2, 0) is 9.05 Å². The number of piperidine rings is 1. The Labute approximate surface area is 134 Å². The number of hydrogen-bond acceptors (Lipinski definition) is 4. The fourth-order valence-corrected chi connectivity index (χ4v) is 5.40. The Kier molecular flexibility index (Phi) is 5.33. The SMILES string of the molecule is CCCC1CCN(C(=O)c2csc(S(=O)(=O)Cl)c2C)CC1. The van der Waals surface area contributed by atoms with Gasteiger partial charge in [-0.25, -0.2) is 8.42 Å². The number of amides is 1. The summed E-state index contributed by atoms with van der Waals surface area (Å²) in [6.07, 6.45) is 4.46. The van der Waals surface area contributed by atoms with E-state index in [4.69, 9.17) is 10.7 Å². The first kappa shape index (κ1) is 16.8. The maximum absolute atomic E-state index is 12.5. The third kappa shape index (κ3) is 3.79. The molecular weight excluding hydrogens is 330 g/mol. The Morgan fingerprint density at radius 2 is 2.05 bits per heavy atom. The lowest BCUT2D eigenvalue weighted by Crippen LogP contribution is -2.38. The first-order valence-corrected chi connectivity index (χ1v) is 10.4. The van der Waals surface area contributed by atoms with E-state index in [9.17, 15) is 13.2 Å². The standard InChI is InChI=1S/C14H20ClNO3S2/c1-3-4-11-5-7-16(8-6-11)13(17)12-9-20-14(10(12)2)21(15,18)19/h9,11H,3-8H2,1-2H3. The van der Waals surface area contributed by atoms with Crippen LogP contribution in [0.3, 0.4) is 0 Å². The molecule has 1 saturated heterocycles. The predicted octanol–water partition coefficient (Wildman–Crippen LogP) is 3.64. The van der Waals surface area contributed by atoms with Crippen molar-refractivity contribution in [2.45, 2.75) is 43.7 Å². The molecule has 0 spiro atoms. The zero-order chi connectivity index (χ0) is 15.6. The maximum Gasteiger partial charge on any atom is 0.271 e. The quantitative estimate of drug-likeness (QED) is 0.780. The van der Waals surface area contributed by atoms with Crippen molar-refractivity contribution in [3.05, 3.63) is 16.5 Å². The van der Waals surface area contributed by atoms with Crippen LogP contribution in [0.25, 0.3) is 0 Å². The summed E-state index contributed by atoms with van der Waals surface area (Å²) in [6, 6.07) is 0. The second kappa shape index (κ2) is 6.67. The third-order valence-corrected chi connectivity index (χ3v) is 7.35. The van der Waals surface area contributed by atoms with E-state index in [1.165, 1.54) is 12.8 Å². The number of carbonyl (C=O) groups is 1. The molecule has 1 fully saturated rings. The summed E-state index contributed by atoms with van der Waals surface area (Å²) < 4.78 is 22.9. The molecule has 1 aliphatic heterocycles. The minimum atomic E-state index is -3.77. The van der Waals surface area contributed by atoms with Crippen molar-refractivity contribution >= 4 is 37.0 Å². The highest BCUT2D eigenvalue weighted by molar-refractivity contribution is 8.15. The van der Waals surface area contributed by atoms with E-state index in [2.05, 4.69) is 6.92 Å². The molecule has 118 valence electrons. The van der Waals surface area contributed by atoms with Gasteiger partial charge in [-0.15, -0.1) is 11.3 Å². The monoisotopic (exact) mass is 349 g/mol. The van der Waals surface area contributed by atoms with Gasteiger partial charge in [-0.05, 0) is 31.2 Å². The van der Waals surface area contributed by atoms with Gasteiger partial charge in [0, 0.05) is 29.2 Å². The van der Waals surface area contributed by atoms with E-state index < -0.39 is 9.05 Å². The predicted molar refractivity (Wildman–Crippen MR) is 85.6 cm³/mol. The van der Waals surface area contributed by atoms with Crippen LogP contribution in [0.4, 0.5) is 0 Å². The molecule has 0 bridgehead atoms. The van der Waals surface area contributed by atoms with E-state index in [0.29, 0.717) is 17.0 Å². The van der Waals surface area contributed by atoms with Gasteiger partial charge in [-0.2, -0.15) is 0 Å². The molecular formula is C14H20ClNO3S2. The number of hydrogen-bond donors (Lipinski definition) is 0. The van der Waals surface area contributed by atoms with Gasteiger partial charge in [0.1, 0.15) is 4.21 Å². The number of rotatable bonds is 4. The molecule has 0 atom stereocenters. The molecule has 1 aromatic rings. The lowest BCUT2D eigenvalue weighted by molar-refractivity contribution is 0.0686. The smallest absolute Gasteiger partial charge is 0.271 e. The summed E-state index contributed by atoms with van der Waals surface area (Å²) in [7, 11) is 1.61. The molecule has 1 aromatic heterocycles. The van der Waals surface area contributed by atoms with Gasteiger partial charge in [-0.1, -0.05) is 19.8 Å². The van der Waals surface area contributed by atoms with Gasteiger partial charge in [0.25, 0.3) is 15.0 Å². The van der Waals surface area contributed by atoms with Gasteiger partial charge >= 0.3 is 0 Å². The van der Waals surface area contributed by atoms with Crippen LogP contribution in [-0.4, -0.2) is 32.3 Å². The van der Waals surface area contributed by atoms with Gasteiger partial charge in [0.15, 0.2) is 0 Å². The van der Waals surface area contributed by atoms with Gasteiger partial charge in [0.2, 0.25) is 0 Å². The molecule has 0 N–H and O–H groups in total. The van der Waals surface area contributed by atoms with Crippen LogP contribution < -0.4 is 0 Å². The second-order valence-electron chi connectivity index (χ2n) is 5.52. The summed E-state index contributed by atoms with van der Waals surface area (Å²) in [5.41, 5.74) is 0.934. The largest absolute Gasteiger partial charge is 0.339 e. The number of halogens is 1. The lowest BCUT2D eigenvalue weighted by Gasteiger charge is -2.32. The summed E-state index contributed by atoms with van der Waals surface area (Å²) in [5.74, 6) is 0.631. The number of nitrogens with zero attached hydrogens (tertiary/aromatic N) is 1. The molecule has 0 radical (unpaired) electrons. The van der Waals surface area contributed by atoms with Gasteiger partial charge < -0.3 is 4.90 Å². The van der Waals surface area contributed by atoms with Crippen LogP contribution in [0.5, 0.6) is 0 Å². The van der Waals surface area contributed by atoms with Crippen LogP contribution >= 0.6 is 22.0 Å². The van der Waals surface area contributed by atoms with Crippen molar-refractivity contribution in [2.75, 3.05) is 13.1 Å². The molecule has 0 aliphatic carbocycles. The first-order valence-electron chi connectivity index (χ1n) is 7.16. The highest BCUT2D eigenvalue weighted by atomic mass is 35.7. The minimum absolute atomic E-state index is 0.0772. The Bertz CT molecular complexity index is 616. The topological polar surface area (TPSA) is 54.5 Å². The van der Waals surface area contributed by atoms with E-state index in [1.54, 1.807) is 12.3 Å². The number of thiophene rings is 1. The Morgan fingerprint density at radius 3 is 2.52 bits per heavy atom. The van der Waals surface area contributed by atoms with Crippen molar-refractivity contribution in [3.8, 4) is 0 Å². The average Bonchev–Trinajstić information content (AvgIpc) is 2.81. The highest BCUT2D eigenvalue weighted by Gasteiger charge is 2.27. The van der Waals surface area contributed by atoms with Crippen LogP contribution in [0.15, 0.2) is 9.59 Å². The Morgan fingerprint density at radius 1 is 1.43 bits per heavy atom. The second-order valence-corrected chi connectivity index (χ2v) is 9.16. The maximum atomic E-state index is 12.5. The highest BCUT2D eigenvalue weighted by Crippen LogP contribution is 2.31. The van der Waals surface area contributed by atoms with Crippen LogP contribution in [0, 0.1) is 12.8 Å². The van der Waals surface area contributed by atoms with Crippen molar-refractivity contribution in [1.82, 2.24) is 4.90 Å². The van der Waals surface area contributed by atoms with Crippen molar-refractivity contribution in [2.24, 2.45) is 5.92 Å². The average molecular weight is 350 g/mol. The molecule has 21 heavy (non-hydrogen) atoms. The Balaban J connectivity index is 2.10. The van der Waals surface area contributed by atoms with Gasteiger partial charge in [0.05, 0.1) is 5.56 Å². The first-order chi connectivity index (χ1) is 9.84. The van der Waals surface area contributed by atoms with Crippen molar-refractivity contribution in [1.29, 1.82) is 0 Å². The van der Waals surface area contributed by atoms with Crippen LogP contribution in [0.1, 0.15) is 48.5 Å². The minimum Gasteiger partial charge on any atom is -0.339 e. The molecule has 7 heteroatoms. The van der Waals surface area contributed by atoms with Crippen molar-refractivity contribution < 1.29 is 13.2 Å². The molecule has 0 unspecified atom stereocenters. The third-order valence-electron chi connectivity index (χ3n) is 4.04. The molecule has 4 nitrogen and oxygen atoms in total. The fraction of sp³-hybridized carbons (Fsp3) is 0.643. The summed E-state index contributed by atoms with van der Waals surface area (Å²) in [4.78, 5) is 14.3. The summed E-state index contributed by atoms with van der Waals surface area (Å²) >= 11 is 1.02. The molecule has 2 heterocycles. The molecule has 1 aliphatic rings. The molecule has 0 aromatic carbocycles. The van der Waals surface area contributed by atoms with Crippen LogP contribution in [0.2, 0.25) is 0 Å². The van der Waals surface area contributed by atoms with E-state index >= 15 is 0 Å². The summed E-state index contributed by atoms with van der Waals surface area (Å²) in [6.45, 7) is 5.33. The van der Waals surface area contributed by atoms with E-state index in [1.807, 2.05) is 4.90 Å². The number of carbonyl (C=O) groups excluding carboxylic acids is 1. The summed E-state index contributed by atoms with van der Waals surface area (Å²) in [5, 5.41) is 1.60. The van der Waals surface area contributed by atoms with E-state index in [0.717, 1.165) is 37.3 Å². The fourth-order valence-electron chi connectivity index (χ4n) is 2.85. The van der Waals surface area contributed by atoms with Crippen molar-refractivity contribution in [3.63, 3.8) is 0 Å². The lowest BCUT2D eigenvalue weighted by atomic mass is 9.92.